The maximum absolute atomic E-state index is 11.7. The van der Waals surface area contributed by atoms with E-state index in [2.05, 4.69) is 10.6 Å². The lowest BCUT2D eigenvalue weighted by molar-refractivity contribution is -0.137. The molecule has 2 amide bonds. The second-order valence-corrected chi connectivity index (χ2v) is 6.80. The van der Waals surface area contributed by atoms with Gasteiger partial charge in [-0.2, -0.15) is 0 Å². The maximum Gasteiger partial charge on any atom is 0.249 e. The van der Waals surface area contributed by atoms with Gasteiger partial charge in [-0.3, -0.25) is 9.59 Å². The Labute approximate surface area is 134 Å². The molecule has 0 saturated heterocycles. The van der Waals surface area contributed by atoms with E-state index in [0.717, 1.165) is 4.88 Å². The van der Waals surface area contributed by atoms with Gasteiger partial charge in [-0.25, -0.2) is 0 Å². The van der Waals surface area contributed by atoms with Crippen molar-refractivity contribution in [2.45, 2.75) is 32.8 Å². The Morgan fingerprint density at radius 1 is 1.32 bits per heavy atom. The molecule has 1 aromatic heterocycles. The third-order valence-electron chi connectivity index (χ3n) is 3.32. The summed E-state index contributed by atoms with van der Waals surface area (Å²) < 4.78 is 0. The van der Waals surface area contributed by atoms with Crippen LogP contribution in [0.1, 0.15) is 25.1 Å². The number of aliphatic hydroxyl groups is 2. The van der Waals surface area contributed by atoms with E-state index in [-0.39, 0.29) is 19.1 Å². The number of carbonyl (C=O) groups excluding carboxylic acids is 2. The van der Waals surface area contributed by atoms with Crippen LogP contribution in [0.4, 0.5) is 0 Å². The Morgan fingerprint density at radius 3 is 2.59 bits per heavy atom. The Bertz CT molecular complexity index is 474. The van der Waals surface area contributed by atoms with Gasteiger partial charge in [0.05, 0.1) is 6.61 Å². The molecule has 6 nitrogen and oxygen atoms in total. The summed E-state index contributed by atoms with van der Waals surface area (Å²) in [5, 5.41) is 26.1. The Hall–Kier alpha value is -1.44. The van der Waals surface area contributed by atoms with Crippen molar-refractivity contribution in [1.82, 2.24) is 10.6 Å². The minimum atomic E-state index is -1.29. The molecule has 0 aromatic carbocycles. The SMILES string of the molecule is CC(C)(CO)[C@@H](O)C(=O)NCCNC(=O)CCc1cccs1. The van der Waals surface area contributed by atoms with Crippen molar-refractivity contribution < 1.29 is 19.8 Å². The van der Waals surface area contributed by atoms with Crippen LogP contribution in [0, 0.1) is 5.41 Å². The first kappa shape index (κ1) is 18.6. The molecule has 0 aliphatic carbocycles. The zero-order valence-corrected chi connectivity index (χ0v) is 13.8. The van der Waals surface area contributed by atoms with Crippen LogP contribution in [-0.4, -0.2) is 47.8 Å². The van der Waals surface area contributed by atoms with Crippen molar-refractivity contribution in [1.29, 1.82) is 0 Å². The molecule has 0 aliphatic rings. The van der Waals surface area contributed by atoms with E-state index in [1.54, 1.807) is 25.2 Å². The molecule has 0 radical (unpaired) electrons. The van der Waals surface area contributed by atoms with Crippen LogP contribution in [0.15, 0.2) is 17.5 Å². The summed E-state index contributed by atoms with van der Waals surface area (Å²) in [6, 6.07) is 3.94. The molecule has 1 atom stereocenters. The molecular formula is C15H24N2O4S. The Morgan fingerprint density at radius 2 is 2.00 bits per heavy atom. The van der Waals surface area contributed by atoms with Gasteiger partial charge in [0, 0.05) is 29.8 Å². The van der Waals surface area contributed by atoms with Crippen LogP contribution in [0.5, 0.6) is 0 Å². The van der Waals surface area contributed by atoms with E-state index < -0.39 is 17.4 Å². The number of hydrogen-bond acceptors (Lipinski definition) is 5. The predicted molar refractivity (Wildman–Crippen MR) is 85.5 cm³/mol. The monoisotopic (exact) mass is 328 g/mol. The molecule has 0 unspecified atom stereocenters. The average molecular weight is 328 g/mol. The molecule has 0 spiro atoms. The number of rotatable bonds is 9. The summed E-state index contributed by atoms with van der Waals surface area (Å²) in [6.45, 7) is 3.46. The van der Waals surface area contributed by atoms with Gasteiger partial charge in [-0.1, -0.05) is 19.9 Å². The fraction of sp³-hybridized carbons (Fsp3) is 0.600. The highest BCUT2D eigenvalue weighted by Gasteiger charge is 2.32. The molecule has 7 heteroatoms. The standard InChI is InChI=1S/C15H24N2O4S/c1-15(2,10-18)13(20)14(21)17-8-7-16-12(19)6-5-11-4-3-9-22-11/h3-4,9,13,18,20H,5-8,10H2,1-2H3,(H,16,19)(H,17,21)/t13-/m0/s1. The van der Waals surface area contributed by atoms with Gasteiger partial charge < -0.3 is 20.8 Å². The molecule has 4 N–H and O–H groups in total. The molecular weight excluding hydrogens is 304 g/mol. The Kier molecular flexibility index (Phi) is 7.50. The normalized spacial score (nSPS) is 12.7. The fourth-order valence-corrected chi connectivity index (χ4v) is 2.41. The summed E-state index contributed by atoms with van der Waals surface area (Å²) >= 11 is 1.62. The minimum Gasteiger partial charge on any atom is -0.396 e. The fourth-order valence-electron chi connectivity index (χ4n) is 1.71. The molecule has 1 heterocycles. The zero-order valence-electron chi connectivity index (χ0n) is 13.0. The number of thiophene rings is 1. The minimum absolute atomic E-state index is 0.0705. The zero-order chi connectivity index (χ0) is 16.6. The highest BCUT2D eigenvalue weighted by atomic mass is 32.1. The van der Waals surface area contributed by atoms with Crippen LogP contribution in [-0.2, 0) is 16.0 Å². The van der Waals surface area contributed by atoms with Gasteiger partial charge in [0.25, 0.3) is 0 Å². The Balaban J connectivity index is 2.16. The van der Waals surface area contributed by atoms with E-state index in [1.165, 1.54) is 0 Å². The highest BCUT2D eigenvalue weighted by molar-refractivity contribution is 7.09. The molecule has 124 valence electrons. The van der Waals surface area contributed by atoms with E-state index in [1.807, 2.05) is 17.5 Å². The smallest absolute Gasteiger partial charge is 0.249 e. The van der Waals surface area contributed by atoms with Gasteiger partial charge in [-0.05, 0) is 17.9 Å². The van der Waals surface area contributed by atoms with E-state index >= 15 is 0 Å². The first-order valence-corrected chi connectivity index (χ1v) is 8.10. The lowest BCUT2D eigenvalue weighted by atomic mass is 9.87. The summed E-state index contributed by atoms with van der Waals surface area (Å²) in [5.74, 6) is -0.620. The van der Waals surface area contributed by atoms with Crippen LogP contribution in [0.25, 0.3) is 0 Å². The average Bonchev–Trinajstić information content (AvgIpc) is 3.01. The predicted octanol–water partition coefficient (Wildman–Crippen LogP) is 0.292. The number of hydrogen-bond donors (Lipinski definition) is 4. The van der Waals surface area contributed by atoms with Crippen molar-refractivity contribution in [2.75, 3.05) is 19.7 Å². The lowest BCUT2D eigenvalue weighted by Gasteiger charge is -2.27. The quantitative estimate of drug-likeness (QED) is 0.490. The van der Waals surface area contributed by atoms with Crippen LogP contribution in [0.2, 0.25) is 0 Å². The van der Waals surface area contributed by atoms with Crippen molar-refractivity contribution >= 4 is 23.2 Å². The number of amides is 2. The van der Waals surface area contributed by atoms with Gasteiger partial charge in [-0.15, -0.1) is 11.3 Å². The second-order valence-electron chi connectivity index (χ2n) is 5.77. The topological polar surface area (TPSA) is 98.7 Å². The molecule has 1 aromatic rings. The summed E-state index contributed by atoms with van der Waals surface area (Å²) in [4.78, 5) is 24.5. The maximum atomic E-state index is 11.7. The first-order valence-electron chi connectivity index (χ1n) is 7.22. The van der Waals surface area contributed by atoms with Crippen molar-refractivity contribution in [2.24, 2.45) is 5.41 Å². The molecule has 22 heavy (non-hydrogen) atoms. The first-order chi connectivity index (χ1) is 10.4. The van der Waals surface area contributed by atoms with Crippen molar-refractivity contribution in [3.05, 3.63) is 22.4 Å². The van der Waals surface area contributed by atoms with Gasteiger partial charge in [0.15, 0.2) is 0 Å². The van der Waals surface area contributed by atoms with Gasteiger partial charge >= 0.3 is 0 Å². The lowest BCUT2D eigenvalue weighted by Crippen LogP contribution is -2.47. The van der Waals surface area contributed by atoms with E-state index in [0.29, 0.717) is 19.4 Å². The van der Waals surface area contributed by atoms with Crippen LogP contribution < -0.4 is 10.6 Å². The van der Waals surface area contributed by atoms with Crippen molar-refractivity contribution in [3.63, 3.8) is 0 Å². The molecule has 0 saturated carbocycles. The number of nitrogens with one attached hydrogen (secondary N) is 2. The third-order valence-corrected chi connectivity index (χ3v) is 4.26. The van der Waals surface area contributed by atoms with Gasteiger partial charge in [0.1, 0.15) is 6.10 Å². The van der Waals surface area contributed by atoms with Crippen LogP contribution in [0.3, 0.4) is 0 Å². The number of aliphatic hydroxyl groups excluding tert-OH is 2. The summed E-state index contributed by atoms with van der Waals surface area (Å²) in [6.07, 6.45) is -0.166. The number of aryl methyl sites for hydroxylation is 1. The molecule has 0 bridgehead atoms. The third kappa shape index (κ3) is 6.13. The van der Waals surface area contributed by atoms with Gasteiger partial charge in [0.2, 0.25) is 11.8 Å². The molecule has 1 rings (SSSR count). The second kappa shape index (κ2) is 8.87. The molecule has 0 fully saturated rings. The highest BCUT2D eigenvalue weighted by Crippen LogP contribution is 2.19. The summed E-state index contributed by atoms with van der Waals surface area (Å²) in [5.41, 5.74) is -0.895. The van der Waals surface area contributed by atoms with E-state index in [9.17, 15) is 14.7 Å². The number of carbonyl (C=O) groups is 2. The van der Waals surface area contributed by atoms with E-state index in [4.69, 9.17) is 5.11 Å². The van der Waals surface area contributed by atoms with Crippen LogP contribution >= 0.6 is 11.3 Å². The van der Waals surface area contributed by atoms with Crippen molar-refractivity contribution in [3.8, 4) is 0 Å². The summed E-state index contributed by atoms with van der Waals surface area (Å²) in [7, 11) is 0. The molecule has 0 aliphatic heterocycles. The largest absolute Gasteiger partial charge is 0.396 e.